The molecule has 2 aromatic rings. The highest BCUT2D eigenvalue weighted by atomic mass is 16.5. The average Bonchev–Trinajstić information content (AvgIpc) is 3.32. The second-order valence-corrected chi connectivity index (χ2v) is 7.34. The first-order valence-electron chi connectivity index (χ1n) is 10.2. The minimum Gasteiger partial charge on any atom is -0.368 e. The van der Waals surface area contributed by atoms with Gasteiger partial charge in [0.05, 0.1) is 11.0 Å². The van der Waals surface area contributed by atoms with Gasteiger partial charge in [0, 0.05) is 38.2 Å². The predicted octanol–water partition coefficient (Wildman–Crippen LogP) is 2.79. The number of hydrogen-bond acceptors (Lipinski definition) is 4. The maximum atomic E-state index is 12.2. The van der Waals surface area contributed by atoms with E-state index < -0.39 is 0 Å². The standard InChI is InChI=1S/C21H30N4O3/c1-4-14(5-2)20(26)22-11-10-19-24-16-13-15(8-9-17(16)25(19)3)23-21(27)18-7-6-12-28-18/h8-9,13-14,18H,4-7,10-12H2,1-3H3,(H,22,26)(H,23,27)/t18-/m0/s1. The molecular formula is C21H30N4O3. The summed E-state index contributed by atoms with van der Waals surface area (Å²) < 4.78 is 7.46. The zero-order valence-corrected chi connectivity index (χ0v) is 17.0. The fourth-order valence-corrected chi connectivity index (χ4v) is 3.66. The van der Waals surface area contributed by atoms with Crippen LogP contribution in [-0.4, -0.2) is 40.6 Å². The molecule has 1 aromatic carbocycles. The van der Waals surface area contributed by atoms with Crippen molar-refractivity contribution >= 4 is 28.5 Å². The monoisotopic (exact) mass is 386 g/mol. The van der Waals surface area contributed by atoms with Gasteiger partial charge in [-0.2, -0.15) is 0 Å². The van der Waals surface area contributed by atoms with Gasteiger partial charge in [-0.3, -0.25) is 9.59 Å². The number of aromatic nitrogens is 2. The Morgan fingerprint density at radius 2 is 2.11 bits per heavy atom. The number of ether oxygens (including phenoxy) is 1. The van der Waals surface area contributed by atoms with Gasteiger partial charge in [0.25, 0.3) is 5.91 Å². The normalized spacial score (nSPS) is 16.6. The van der Waals surface area contributed by atoms with Crippen molar-refractivity contribution in [2.75, 3.05) is 18.5 Å². The molecule has 2 amide bonds. The summed E-state index contributed by atoms with van der Waals surface area (Å²) >= 11 is 0. The number of carbonyl (C=O) groups excluding carboxylic acids is 2. The van der Waals surface area contributed by atoms with Crippen LogP contribution < -0.4 is 10.6 Å². The average molecular weight is 386 g/mol. The molecule has 1 aromatic heterocycles. The van der Waals surface area contributed by atoms with Crippen molar-refractivity contribution in [1.29, 1.82) is 0 Å². The van der Waals surface area contributed by atoms with Crippen molar-refractivity contribution in [3.8, 4) is 0 Å². The van der Waals surface area contributed by atoms with Crippen LogP contribution in [0.3, 0.4) is 0 Å². The summed E-state index contributed by atoms with van der Waals surface area (Å²) in [4.78, 5) is 29.0. The first kappa shape index (κ1) is 20.3. The van der Waals surface area contributed by atoms with Crippen LogP contribution in [0.2, 0.25) is 0 Å². The molecule has 2 N–H and O–H groups in total. The Balaban J connectivity index is 1.63. The van der Waals surface area contributed by atoms with Gasteiger partial charge in [0.15, 0.2) is 0 Å². The molecule has 1 atom stereocenters. The second-order valence-electron chi connectivity index (χ2n) is 7.34. The number of anilines is 1. The third-order valence-corrected chi connectivity index (χ3v) is 5.47. The van der Waals surface area contributed by atoms with Crippen molar-refractivity contribution in [3.05, 3.63) is 24.0 Å². The van der Waals surface area contributed by atoms with E-state index in [2.05, 4.69) is 15.6 Å². The second kappa shape index (κ2) is 9.19. The van der Waals surface area contributed by atoms with Gasteiger partial charge in [-0.05, 0) is 43.9 Å². The van der Waals surface area contributed by atoms with Gasteiger partial charge in [0.2, 0.25) is 5.91 Å². The fraction of sp³-hybridized carbons (Fsp3) is 0.571. The van der Waals surface area contributed by atoms with Crippen LogP contribution >= 0.6 is 0 Å². The number of hydrogen-bond donors (Lipinski definition) is 2. The molecule has 0 unspecified atom stereocenters. The molecule has 1 fully saturated rings. The van der Waals surface area contributed by atoms with E-state index >= 15 is 0 Å². The largest absolute Gasteiger partial charge is 0.368 e. The highest BCUT2D eigenvalue weighted by molar-refractivity contribution is 5.96. The lowest BCUT2D eigenvalue weighted by Crippen LogP contribution is -2.32. The van der Waals surface area contributed by atoms with E-state index in [1.165, 1.54) is 0 Å². The first-order chi connectivity index (χ1) is 13.5. The molecule has 1 aliphatic rings. The number of rotatable bonds is 8. The van der Waals surface area contributed by atoms with Gasteiger partial charge in [-0.1, -0.05) is 13.8 Å². The van der Waals surface area contributed by atoms with E-state index in [1.807, 2.05) is 43.7 Å². The molecule has 0 radical (unpaired) electrons. The van der Waals surface area contributed by atoms with Gasteiger partial charge in [-0.25, -0.2) is 4.98 Å². The first-order valence-corrected chi connectivity index (χ1v) is 10.2. The summed E-state index contributed by atoms with van der Waals surface area (Å²) in [6, 6.07) is 5.73. The lowest BCUT2D eigenvalue weighted by molar-refractivity contribution is -0.125. The maximum absolute atomic E-state index is 12.2. The van der Waals surface area contributed by atoms with Crippen molar-refractivity contribution in [2.24, 2.45) is 13.0 Å². The highest BCUT2D eigenvalue weighted by Gasteiger charge is 2.23. The summed E-state index contributed by atoms with van der Waals surface area (Å²) in [5.74, 6) is 0.998. The number of imidazole rings is 1. The molecule has 0 aliphatic carbocycles. The van der Waals surface area contributed by atoms with Crippen molar-refractivity contribution in [3.63, 3.8) is 0 Å². The minimum absolute atomic E-state index is 0.0791. The number of benzene rings is 1. The van der Waals surface area contributed by atoms with Gasteiger partial charge >= 0.3 is 0 Å². The molecule has 7 heteroatoms. The smallest absolute Gasteiger partial charge is 0.253 e. The Labute approximate surface area is 165 Å². The molecular weight excluding hydrogens is 356 g/mol. The summed E-state index contributed by atoms with van der Waals surface area (Å²) in [5.41, 5.74) is 2.55. The van der Waals surface area contributed by atoms with Gasteiger partial charge in [0.1, 0.15) is 11.9 Å². The van der Waals surface area contributed by atoms with Crippen LogP contribution in [0.25, 0.3) is 11.0 Å². The quantitative estimate of drug-likeness (QED) is 0.731. The van der Waals surface area contributed by atoms with E-state index in [4.69, 9.17) is 4.74 Å². The zero-order valence-electron chi connectivity index (χ0n) is 17.0. The fourth-order valence-electron chi connectivity index (χ4n) is 3.66. The summed E-state index contributed by atoms with van der Waals surface area (Å²) in [5, 5.41) is 5.93. The summed E-state index contributed by atoms with van der Waals surface area (Å²) in [7, 11) is 1.97. The van der Waals surface area contributed by atoms with Crippen molar-refractivity contribution < 1.29 is 14.3 Å². The molecule has 0 bridgehead atoms. The number of nitrogens with one attached hydrogen (secondary N) is 2. The predicted molar refractivity (Wildman–Crippen MR) is 109 cm³/mol. The molecule has 28 heavy (non-hydrogen) atoms. The summed E-state index contributed by atoms with van der Waals surface area (Å²) in [6.07, 6.45) is 3.71. The molecule has 1 saturated heterocycles. The Hall–Kier alpha value is -2.41. The van der Waals surface area contributed by atoms with Crippen LogP contribution in [-0.2, 0) is 27.8 Å². The third-order valence-electron chi connectivity index (χ3n) is 5.47. The maximum Gasteiger partial charge on any atom is 0.253 e. The lowest BCUT2D eigenvalue weighted by atomic mass is 10.0. The van der Waals surface area contributed by atoms with Crippen LogP contribution in [0.4, 0.5) is 5.69 Å². The number of amides is 2. The van der Waals surface area contributed by atoms with E-state index in [9.17, 15) is 9.59 Å². The molecule has 0 spiro atoms. The SMILES string of the molecule is CCC(CC)C(=O)NCCc1nc2cc(NC(=O)[C@@H]3CCCO3)ccc2n1C. The molecule has 0 saturated carbocycles. The topological polar surface area (TPSA) is 85.2 Å². The summed E-state index contributed by atoms with van der Waals surface area (Å²) in [6.45, 7) is 5.28. The van der Waals surface area contributed by atoms with Crippen LogP contribution in [0.1, 0.15) is 45.4 Å². The Morgan fingerprint density at radius 3 is 2.79 bits per heavy atom. The van der Waals surface area contributed by atoms with Crippen LogP contribution in [0.15, 0.2) is 18.2 Å². The van der Waals surface area contributed by atoms with Gasteiger partial charge in [-0.15, -0.1) is 0 Å². The number of aryl methyl sites for hydroxylation is 1. The van der Waals surface area contributed by atoms with Crippen molar-refractivity contribution in [1.82, 2.24) is 14.9 Å². The molecule has 7 nitrogen and oxygen atoms in total. The van der Waals surface area contributed by atoms with Crippen LogP contribution in [0, 0.1) is 5.92 Å². The number of carbonyl (C=O) groups is 2. The van der Waals surface area contributed by atoms with Crippen molar-refractivity contribution in [2.45, 2.75) is 52.1 Å². The molecule has 2 heterocycles. The van der Waals surface area contributed by atoms with E-state index in [1.54, 1.807) is 0 Å². The zero-order chi connectivity index (χ0) is 20.1. The molecule has 152 valence electrons. The van der Waals surface area contributed by atoms with E-state index in [-0.39, 0.29) is 23.8 Å². The van der Waals surface area contributed by atoms with Crippen LogP contribution in [0.5, 0.6) is 0 Å². The Kier molecular flexibility index (Phi) is 6.67. The number of fused-ring (bicyclic) bond motifs is 1. The van der Waals surface area contributed by atoms with E-state index in [0.29, 0.717) is 19.6 Å². The molecule has 1 aliphatic heterocycles. The van der Waals surface area contributed by atoms with E-state index in [0.717, 1.165) is 48.2 Å². The third kappa shape index (κ3) is 4.52. The number of nitrogens with zero attached hydrogens (tertiary/aromatic N) is 2. The highest BCUT2D eigenvalue weighted by Crippen LogP contribution is 2.21. The molecule has 3 rings (SSSR count). The Bertz CT molecular complexity index is 836. The minimum atomic E-state index is -0.353. The van der Waals surface area contributed by atoms with Gasteiger partial charge < -0.3 is 19.9 Å². The lowest BCUT2D eigenvalue weighted by Gasteiger charge is -2.12. The Morgan fingerprint density at radius 1 is 1.32 bits per heavy atom.